The van der Waals surface area contributed by atoms with Crippen molar-refractivity contribution >= 4 is 28.4 Å². The molecular weight excluding hydrogens is 362 g/mol. The van der Waals surface area contributed by atoms with Gasteiger partial charge in [0.2, 0.25) is 5.91 Å². The Morgan fingerprint density at radius 1 is 1.37 bits per heavy atom. The van der Waals surface area contributed by atoms with Gasteiger partial charge in [-0.05, 0) is 44.4 Å². The minimum absolute atomic E-state index is 0.112. The largest absolute Gasteiger partial charge is 0.333 e. The lowest BCUT2D eigenvalue weighted by atomic mass is 10.0. The number of nitrogens with zero attached hydrogens (tertiary/aromatic N) is 3. The molecule has 1 aromatic heterocycles. The van der Waals surface area contributed by atoms with Gasteiger partial charge in [-0.3, -0.25) is 14.2 Å². The molecule has 1 atom stereocenters. The van der Waals surface area contributed by atoms with Crippen LogP contribution in [0.1, 0.15) is 64.2 Å². The first-order valence-electron chi connectivity index (χ1n) is 9.90. The fourth-order valence-electron chi connectivity index (χ4n) is 4.00. The van der Waals surface area contributed by atoms with Crippen molar-refractivity contribution in [2.75, 3.05) is 6.54 Å². The number of benzene rings is 1. The molecule has 1 amide bonds. The number of hydrogen-bond acceptors (Lipinski definition) is 3. The summed E-state index contributed by atoms with van der Waals surface area (Å²) in [4.78, 5) is 32.7. The van der Waals surface area contributed by atoms with Gasteiger partial charge < -0.3 is 4.90 Å². The lowest BCUT2D eigenvalue weighted by Gasteiger charge is -2.32. The number of carbonyl (C=O) groups is 1. The van der Waals surface area contributed by atoms with Gasteiger partial charge >= 0.3 is 0 Å². The predicted molar refractivity (Wildman–Crippen MR) is 109 cm³/mol. The number of carbonyl (C=O) groups excluding carboxylic acids is 1. The molecule has 3 rings (SSSR count). The standard InChI is InChI=1S/C21H28ClN3O2/c1-4-5-12-25(20(26)15-8-6-7-9-15)14(2)19-23-18-11-10-16(22)13-17(18)21(27)24(19)3/h10-11,13-15H,4-9,12H2,1-3H3. The van der Waals surface area contributed by atoms with Gasteiger partial charge in [0.1, 0.15) is 5.82 Å². The molecule has 0 saturated heterocycles. The molecule has 6 heteroatoms. The summed E-state index contributed by atoms with van der Waals surface area (Å²) in [6, 6.07) is 4.91. The first-order valence-corrected chi connectivity index (χ1v) is 10.3. The lowest BCUT2D eigenvalue weighted by molar-refractivity contribution is -0.137. The summed E-state index contributed by atoms with van der Waals surface area (Å²) in [6.07, 6.45) is 6.15. The number of aromatic nitrogens is 2. The second kappa shape index (κ2) is 8.42. The van der Waals surface area contributed by atoms with Crippen LogP contribution >= 0.6 is 11.6 Å². The van der Waals surface area contributed by atoms with Gasteiger partial charge in [0, 0.05) is 24.5 Å². The average Bonchev–Trinajstić information content (AvgIpc) is 3.19. The summed E-state index contributed by atoms with van der Waals surface area (Å²) in [6.45, 7) is 4.80. The molecule has 146 valence electrons. The van der Waals surface area contributed by atoms with Gasteiger partial charge in [-0.15, -0.1) is 0 Å². The Hall–Kier alpha value is -1.88. The number of rotatable bonds is 6. The van der Waals surface area contributed by atoms with Gasteiger partial charge in [0.25, 0.3) is 5.56 Å². The van der Waals surface area contributed by atoms with E-state index in [1.165, 1.54) is 0 Å². The van der Waals surface area contributed by atoms with Crippen molar-refractivity contribution in [1.82, 2.24) is 14.5 Å². The Labute approximate surface area is 165 Å². The van der Waals surface area contributed by atoms with E-state index >= 15 is 0 Å². The van der Waals surface area contributed by atoms with Crippen molar-refractivity contribution < 1.29 is 4.79 Å². The minimum atomic E-state index is -0.248. The highest BCUT2D eigenvalue weighted by molar-refractivity contribution is 6.31. The summed E-state index contributed by atoms with van der Waals surface area (Å²) in [5.41, 5.74) is 0.487. The Morgan fingerprint density at radius 2 is 2.07 bits per heavy atom. The molecular formula is C21H28ClN3O2. The Kier molecular flexibility index (Phi) is 6.20. The topological polar surface area (TPSA) is 55.2 Å². The molecule has 1 saturated carbocycles. The summed E-state index contributed by atoms with van der Waals surface area (Å²) in [7, 11) is 1.72. The van der Waals surface area contributed by atoms with E-state index < -0.39 is 0 Å². The molecule has 0 spiro atoms. The molecule has 1 unspecified atom stereocenters. The van der Waals surface area contributed by atoms with Crippen molar-refractivity contribution in [1.29, 1.82) is 0 Å². The van der Waals surface area contributed by atoms with Crippen molar-refractivity contribution in [2.45, 2.75) is 58.4 Å². The molecule has 1 heterocycles. The van der Waals surface area contributed by atoms with Crippen LogP contribution in [0.4, 0.5) is 0 Å². The van der Waals surface area contributed by atoms with Crippen LogP contribution in [0.25, 0.3) is 10.9 Å². The Balaban J connectivity index is 2.00. The van der Waals surface area contributed by atoms with E-state index in [0.717, 1.165) is 38.5 Å². The van der Waals surface area contributed by atoms with Gasteiger partial charge in [-0.1, -0.05) is 37.8 Å². The zero-order chi connectivity index (χ0) is 19.6. The van der Waals surface area contributed by atoms with Gasteiger partial charge in [0.05, 0.1) is 16.9 Å². The quantitative estimate of drug-likeness (QED) is 0.732. The van der Waals surface area contributed by atoms with E-state index in [-0.39, 0.29) is 23.4 Å². The van der Waals surface area contributed by atoms with Crippen LogP contribution in [0.15, 0.2) is 23.0 Å². The molecule has 2 aromatic rings. The van der Waals surface area contributed by atoms with Crippen molar-refractivity contribution in [3.63, 3.8) is 0 Å². The number of fused-ring (bicyclic) bond motifs is 1. The molecule has 27 heavy (non-hydrogen) atoms. The third kappa shape index (κ3) is 4.03. The molecule has 0 N–H and O–H groups in total. The van der Waals surface area contributed by atoms with E-state index in [1.807, 2.05) is 11.8 Å². The highest BCUT2D eigenvalue weighted by Gasteiger charge is 2.31. The van der Waals surface area contributed by atoms with Crippen LogP contribution in [0.3, 0.4) is 0 Å². The normalized spacial score (nSPS) is 16.0. The van der Waals surface area contributed by atoms with Crippen LogP contribution < -0.4 is 5.56 Å². The van der Waals surface area contributed by atoms with E-state index in [1.54, 1.807) is 29.8 Å². The summed E-state index contributed by atoms with van der Waals surface area (Å²) >= 11 is 6.04. The van der Waals surface area contributed by atoms with Crippen molar-refractivity contribution in [2.24, 2.45) is 13.0 Å². The molecule has 1 aliphatic carbocycles. The molecule has 1 aromatic carbocycles. The predicted octanol–water partition coefficient (Wildman–Crippen LogP) is 4.47. The summed E-state index contributed by atoms with van der Waals surface area (Å²) in [5.74, 6) is 0.941. The van der Waals surface area contributed by atoms with Crippen molar-refractivity contribution in [3.05, 3.63) is 39.4 Å². The minimum Gasteiger partial charge on any atom is -0.333 e. The monoisotopic (exact) mass is 389 g/mol. The second-order valence-electron chi connectivity index (χ2n) is 7.54. The maximum Gasteiger partial charge on any atom is 0.261 e. The highest BCUT2D eigenvalue weighted by atomic mass is 35.5. The first-order chi connectivity index (χ1) is 12.9. The lowest BCUT2D eigenvalue weighted by Crippen LogP contribution is -2.40. The Bertz CT molecular complexity index is 887. The molecule has 0 aliphatic heterocycles. The zero-order valence-electron chi connectivity index (χ0n) is 16.4. The third-order valence-electron chi connectivity index (χ3n) is 5.65. The Morgan fingerprint density at radius 3 is 2.74 bits per heavy atom. The molecule has 0 bridgehead atoms. The highest BCUT2D eigenvalue weighted by Crippen LogP contribution is 2.30. The van der Waals surface area contributed by atoms with Crippen LogP contribution in [0.5, 0.6) is 0 Å². The smallest absolute Gasteiger partial charge is 0.261 e. The maximum atomic E-state index is 13.2. The summed E-state index contributed by atoms with van der Waals surface area (Å²) in [5, 5.41) is 1.02. The number of amides is 1. The van der Waals surface area contributed by atoms with Gasteiger partial charge in [-0.2, -0.15) is 0 Å². The van der Waals surface area contributed by atoms with E-state index in [4.69, 9.17) is 16.6 Å². The maximum absolute atomic E-state index is 13.2. The zero-order valence-corrected chi connectivity index (χ0v) is 17.1. The average molecular weight is 390 g/mol. The molecule has 1 fully saturated rings. The van der Waals surface area contributed by atoms with Gasteiger partial charge in [0.15, 0.2) is 0 Å². The fourth-order valence-corrected chi connectivity index (χ4v) is 4.18. The number of hydrogen-bond donors (Lipinski definition) is 0. The second-order valence-corrected chi connectivity index (χ2v) is 7.97. The van der Waals surface area contributed by atoms with Crippen LogP contribution in [-0.2, 0) is 11.8 Å². The van der Waals surface area contributed by atoms with Crippen molar-refractivity contribution in [3.8, 4) is 0 Å². The van der Waals surface area contributed by atoms with Crippen LogP contribution in [0.2, 0.25) is 5.02 Å². The molecule has 5 nitrogen and oxygen atoms in total. The SMILES string of the molecule is CCCCN(C(=O)C1CCCC1)C(C)c1nc2ccc(Cl)cc2c(=O)n1C. The third-order valence-corrected chi connectivity index (χ3v) is 5.89. The number of unbranched alkanes of at least 4 members (excludes halogenated alkanes) is 1. The fraction of sp³-hybridized carbons (Fsp3) is 0.571. The van der Waals surface area contributed by atoms with E-state index in [9.17, 15) is 9.59 Å². The summed E-state index contributed by atoms with van der Waals surface area (Å²) < 4.78 is 1.56. The number of halogens is 1. The van der Waals surface area contributed by atoms with Crippen LogP contribution in [0, 0.1) is 5.92 Å². The molecule has 0 radical (unpaired) electrons. The van der Waals surface area contributed by atoms with Crippen LogP contribution in [-0.4, -0.2) is 26.9 Å². The first kappa shape index (κ1) is 19.9. The van der Waals surface area contributed by atoms with E-state index in [0.29, 0.717) is 28.3 Å². The van der Waals surface area contributed by atoms with Gasteiger partial charge in [-0.25, -0.2) is 4.98 Å². The molecule has 1 aliphatic rings. The van der Waals surface area contributed by atoms with E-state index in [2.05, 4.69) is 6.92 Å².